The topological polar surface area (TPSA) is 86.8 Å². The molecule has 0 saturated carbocycles. The molecule has 0 unspecified atom stereocenters. The van der Waals surface area contributed by atoms with Crippen LogP contribution in [0.1, 0.15) is 43.0 Å². The van der Waals surface area contributed by atoms with Gasteiger partial charge in [0.1, 0.15) is 12.6 Å². The molecular weight excluding hydrogens is 641 g/mol. The Kier molecular flexibility index (Phi) is 11.2. The van der Waals surface area contributed by atoms with E-state index in [1.165, 1.54) is 29.2 Å². The van der Waals surface area contributed by atoms with Gasteiger partial charge in [-0.1, -0.05) is 77.8 Å². The summed E-state index contributed by atoms with van der Waals surface area (Å²) in [4.78, 5) is 30.0. The molecule has 0 aliphatic carbocycles. The molecule has 0 aromatic heterocycles. The standard InChI is InChI=1S/C36H39Cl2N3O4S/c1-25-15-18-30(21-26(25)2)41(46(44,45)31-19-16-29(37)17-20-31)24-34(42)40(23-28-13-9-10-14-32(28)38)33(35(43)39-36(3,4)5)22-27-11-7-6-8-12-27/h6-21,33H,22-24H2,1-5H3,(H,39,43)/t33-/m1/s1. The number of hydrogen-bond donors (Lipinski definition) is 1. The summed E-state index contributed by atoms with van der Waals surface area (Å²) < 4.78 is 29.5. The Hall–Kier alpha value is -3.85. The summed E-state index contributed by atoms with van der Waals surface area (Å²) in [5.41, 5.74) is 3.03. The largest absolute Gasteiger partial charge is 0.350 e. The summed E-state index contributed by atoms with van der Waals surface area (Å²) >= 11 is 12.6. The van der Waals surface area contributed by atoms with Gasteiger partial charge in [-0.2, -0.15) is 0 Å². The number of carbonyl (C=O) groups excluding carboxylic acids is 2. The van der Waals surface area contributed by atoms with Crippen molar-refractivity contribution in [2.45, 2.75) is 64.1 Å². The molecule has 242 valence electrons. The van der Waals surface area contributed by atoms with E-state index in [0.717, 1.165) is 21.0 Å². The van der Waals surface area contributed by atoms with Crippen LogP contribution < -0.4 is 9.62 Å². The van der Waals surface area contributed by atoms with Crippen LogP contribution in [0.2, 0.25) is 10.0 Å². The molecule has 7 nitrogen and oxygen atoms in total. The molecule has 2 amide bonds. The first-order valence-corrected chi connectivity index (χ1v) is 17.1. The van der Waals surface area contributed by atoms with E-state index in [0.29, 0.717) is 21.3 Å². The smallest absolute Gasteiger partial charge is 0.264 e. The highest BCUT2D eigenvalue weighted by molar-refractivity contribution is 7.92. The van der Waals surface area contributed by atoms with Crippen molar-refractivity contribution >= 4 is 50.7 Å². The zero-order chi connectivity index (χ0) is 33.6. The quantitative estimate of drug-likeness (QED) is 0.179. The van der Waals surface area contributed by atoms with E-state index >= 15 is 0 Å². The number of anilines is 1. The van der Waals surface area contributed by atoms with Gasteiger partial charge in [0.25, 0.3) is 10.0 Å². The van der Waals surface area contributed by atoms with Gasteiger partial charge in [0.15, 0.2) is 0 Å². The number of nitrogens with zero attached hydrogens (tertiary/aromatic N) is 2. The first-order chi connectivity index (χ1) is 21.7. The van der Waals surface area contributed by atoms with E-state index in [2.05, 4.69) is 5.32 Å². The third-order valence-electron chi connectivity index (χ3n) is 7.53. The van der Waals surface area contributed by atoms with E-state index in [-0.39, 0.29) is 23.8 Å². The van der Waals surface area contributed by atoms with Gasteiger partial charge in [-0.25, -0.2) is 8.42 Å². The van der Waals surface area contributed by atoms with Gasteiger partial charge in [-0.3, -0.25) is 13.9 Å². The van der Waals surface area contributed by atoms with Gasteiger partial charge in [-0.05, 0) is 99.3 Å². The Morgan fingerprint density at radius 2 is 1.46 bits per heavy atom. The number of benzene rings is 4. The van der Waals surface area contributed by atoms with E-state index in [4.69, 9.17) is 23.2 Å². The Morgan fingerprint density at radius 3 is 2.07 bits per heavy atom. The average Bonchev–Trinajstić information content (AvgIpc) is 2.99. The van der Waals surface area contributed by atoms with E-state index in [1.807, 2.05) is 71.0 Å². The van der Waals surface area contributed by atoms with Crippen molar-refractivity contribution < 1.29 is 18.0 Å². The first-order valence-electron chi connectivity index (χ1n) is 14.9. The molecule has 0 heterocycles. The number of hydrogen-bond acceptors (Lipinski definition) is 4. The lowest BCUT2D eigenvalue weighted by molar-refractivity contribution is -0.140. The SMILES string of the molecule is Cc1ccc(N(CC(=O)N(Cc2ccccc2Cl)[C@H](Cc2ccccc2)C(=O)NC(C)(C)C)S(=O)(=O)c2ccc(Cl)cc2)cc1C. The summed E-state index contributed by atoms with van der Waals surface area (Å²) in [7, 11) is -4.24. The Labute approximate surface area is 282 Å². The van der Waals surface area contributed by atoms with Crippen molar-refractivity contribution in [1.82, 2.24) is 10.2 Å². The van der Waals surface area contributed by atoms with Gasteiger partial charge in [-0.15, -0.1) is 0 Å². The average molecular weight is 681 g/mol. The predicted octanol–water partition coefficient (Wildman–Crippen LogP) is 7.36. The van der Waals surface area contributed by atoms with Crippen LogP contribution >= 0.6 is 23.2 Å². The lowest BCUT2D eigenvalue weighted by atomic mass is 10.0. The summed E-state index contributed by atoms with van der Waals surface area (Å²) in [6.45, 7) is 8.82. The minimum Gasteiger partial charge on any atom is -0.350 e. The van der Waals surface area contributed by atoms with Crippen molar-refractivity contribution in [2.24, 2.45) is 0 Å². The lowest BCUT2D eigenvalue weighted by Crippen LogP contribution is -2.56. The molecule has 4 rings (SSSR count). The second-order valence-electron chi connectivity index (χ2n) is 12.3. The maximum atomic E-state index is 14.6. The number of aryl methyl sites for hydroxylation is 2. The Morgan fingerprint density at radius 1 is 0.826 bits per heavy atom. The molecule has 0 aliphatic rings. The predicted molar refractivity (Wildman–Crippen MR) is 186 cm³/mol. The van der Waals surface area contributed by atoms with E-state index in [9.17, 15) is 18.0 Å². The Balaban J connectivity index is 1.84. The zero-order valence-corrected chi connectivity index (χ0v) is 29.0. The second kappa shape index (κ2) is 14.7. The third kappa shape index (κ3) is 8.90. The van der Waals surface area contributed by atoms with E-state index < -0.39 is 34.1 Å². The van der Waals surface area contributed by atoms with Crippen LogP contribution in [0.5, 0.6) is 0 Å². The van der Waals surface area contributed by atoms with Gasteiger partial charge in [0, 0.05) is 28.5 Å². The Bertz CT molecular complexity index is 1790. The highest BCUT2D eigenvalue weighted by atomic mass is 35.5. The number of rotatable bonds is 11. The monoisotopic (exact) mass is 679 g/mol. The minimum atomic E-state index is -4.24. The number of nitrogens with one attached hydrogen (secondary N) is 1. The van der Waals surface area contributed by atoms with Crippen LogP contribution in [0.4, 0.5) is 5.69 Å². The van der Waals surface area contributed by atoms with Crippen molar-refractivity contribution in [2.75, 3.05) is 10.8 Å². The maximum Gasteiger partial charge on any atom is 0.264 e. The van der Waals surface area contributed by atoms with Gasteiger partial charge < -0.3 is 10.2 Å². The summed E-state index contributed by atoms with van der Waals surface area (Å²) in [5, 5.41) is 3.83. The number of amides is 2. The summed E-state index contributed by atoms with van der Waals surface area (Å²) in [6.07, 6.45) is 0.201. The van der Waals surface area contributed by atoms with Crippen molar-refractivity contribution in [3.8, 4) is 0 Å². The fourth-order valence-corrected chi connectivity index (χ4v) is 6.69. The molecule has 0 fully saturated rings. The number of sulfonamides is 1. The molecule has 1 atom stereocenters. The molecule has 0 saturated heterocycles. The van der Waals surface area contributed by atoms with E-state index in [1.54, 1.807) is 36.4 Å². The highest BCUT2D eigenvalue weighted by Crippen LogP contribution is 2.28. The third-order valence-corrected chi connectivity index (χ3v) is 9.94. The van der Waals surface area contributed by atoms with Crippen LogP contribution in [-0.4, -0.2) is 43.3 Å². The molecule has 0 radical (unpaired) electrons. The summed E-state index contributed by atoms with van der Waals surface area (Å²) in [6, 6.07) is 26.5. The fraction of sp³-hybridized carbons (Fsp3) is 0.278. The maximum absolute atomic E-state index is 14.6. The molecule has 0 aliphatic heterocycles. The van der Waals surface area contributed by atoms with Crippen LogP contribution in [0.15, 0.2) is 102 Å². The fourth-order valence-electron chi connectivity index (χ4n) is 4.96. The van der Waals surface area contributed by atoms with Gasteiger partial charge >= 0.3 is 0 Å². The first kappa shape index (κ1) is 35.0. The minimum absolute atomic E-state index is 0.0185. The number of carbonyl (C=O) groups is 2. The van der Waals surface area contributed by atoms with Gasteiger partial charge in [0.05, 0.1) is 10.6 Å². The highest BCUT2D eigenvalue weighted by Gasteiger charge is 2.36. The van der Waals surface area contributed by atoms with Crippen LogP contribution in [0.25, 0.3) is 0 Å². The van der Waals surface area contributed by atoms with Crippen LogP contribution in [0, 0.1) is 13.8 Å². The molecule has 1 N–H and O–H groups in total. The van der Waals surface area contributed by atoms with Crippen molar-refractivity contribution in [3.63, 3.8) is 0 Å². The molecule has 4 aromatic carbocycles. The summed E-state index contributed by atoms with van der Waals surface area (Å²) in [5.74, 6) is -0.935. The molecule has 4 aromatic rings. The van der Waals surface area contributed by atoms with Crippen molar-refractivity contribution in [1.29, 1.82) is 0 Å². The van der Waals surface area contributed by atoms with Crippen molar-refractivity contribution in [3.05, 3.63) is 129 Å². The van der Waals surface area contributed by atoms with Crippen LogP contribution in [-0.2, 0) is 32.6 Å². The molecule has 46 heavy (non-hydrogen) atoms. The molecule has 0 spiro atoms. The second-order valence-corrected chi connectivity index (χ2v) is 15.0. The number of halogens is 2. The molecule has 0 bridgehead atoms. The lowest BCUT2D eigenvalue weighted by Gasteiger charge is -2.35. The van der Waals surface area contributed by atoms with Crippen LogP contribution in [0.3, 0.4) is 0 Å². The zero-order valence-electron chi connectivity index (χ0n) is 26.6. The molecule has 10 heteroatoms. The molecular formula is C36H39Cl2N3O4S. The normalized spacial score (nSPS) is 12.3. The van der Waals surface area contributed by atoms with Gasteiger partial charge in [0.2, 0.25) is 11.8 Å².